The number of hydrogen-bond acceptors (Lipinski definition) is 3. The van der Waals surface area contributed by atoms with Gasteiger partial charge in [-0.15, -0.1) is 0 Å². The van der Waals surface area contributed by atoms with Crippen LogP contribution in [0.4, 0.5) is 0 Å². The molecule has 6 heteroatoms. The molecule has 2 rings (SSSR count). The fourth-order valence-electron chi connectivity index (χ4n) is 2.36. The smallest absolute Gasteiger partial charge is 0.233 e. The van der Waals surface area contributed by atoms with Crippen LogP contribution < -0.4 is 0 Å². The minimum absolute atomic E-state index is 0.208. The van der Waals surface area contributed by atoms with Gasteiger partial charge in [0.1, 0.15) is 5.92 Å². The summed E-state index contributed by atoms with van der Waals surface area (Å²) in [7, 11) is 3.11. The number of carbonyl (C=O) groups is 3. The van der Waals surface area contributed by atoms with Gasteiger partial charge in [0.05, 0.1) is 0 Å². The quantitative estimate of drug-likeness (QED) is 0.561. The van der Waals surface area contributed by atoms with Crippen LogP contribution in [0.1, 0.15) is 27.1 Å². The first-order chi connectivity index (χ1) is 11.8. The normalized spacial score (nSPS) is 11.7. The summed E-state index contributed by atoms with van der Waals surface area (Å²) in [5.74, 6) is -2.20. The maximum atomic E-state index is 12.8. The summed E-state index contributed by atoms with van der Waals surface area (Å²) >= 11 is 11.7. The van der Waals surface area contributed by atoms with Gasteiger partial charge in [-0.3, -0.25) is 14.4 Å². The molecule has 0 saturated carbocycles. The molecular weight excluding hydrogens is 361 g/mol. The number of carbonyl (C=O) groups excluding carboxylic acids is 3. The molecule has 0 fully saturated rings. The molecule has 130 valence electrons. The van der Waals surface area contributed by atoms with Gasteiger partial charge < -0.3 is 4.90 Å². The molecule has 0 aliphatic rings. The minimum Gasteiger partial charge on any atom is -0.348 e. The van der Waals surface area contributed by atoms with Gasteiger partial charge in [0, 0.05) is 41.7 Å². The predicted octanol–water partition coefficient (Wildman–Crippen LogP) is 4.15. The molecule has 1 unspecified atom stereocenters. The molecule has 0 N–H and O–H groups in total. The molecule has 2 aromatic carbocycles. The Kier molecular flexibility index (Phi) is 6.34. The lowest BCUT2D eigenvalue weighted by molar-refractivity contribution is -0.131. The van der Waals surface area contributed by atoms with Crippen LogP contribution in [0.3, 0.4) is 0 Å². The molecule has 4 nitrogen and oxygen atoms in total. The molecule has 1 atom stereocenters. The molecule has 0 heterocycles. The van der Waals surface area contributed by atoms with Crippen LogP contribution >= 0.6 is 23.2 Å². The topological polar surface area (TPSA) is 54.5 Å². The maximum Gasteiger partial charge on any atom is 0.233 e. The molecule has 0 radical (unpaired) electrons. The van der Waals surface area contributed by atoms with Crippen LogP contribution in [0.5, 0.6) is 0 Å². The van der Waals surface area contributed by atoms with E-state index in [0.717, 1.165) is 0 Å². The van der Waals surface area contributed by atoms with Crippen LogP contribution in [-0.4, -0.2) is 36.5 Å². The molecule has 0 aliphatic carbocycles. The fraction of sp³-hybridized carbons (Fsp3) is 0.211. The minimum atomic E-state index is -1.08. The molecule has 1 amide bonds. The lowest BCUT2D eigenvalue weighted by Crippen LogP contribution is -2.36. The number of nitrogens with zero attached hydrogens (tertiary/aromatic N) is 1. The number of Topliss-reactive ketones (excluding diaryl/α,β-unsaturated/α-hetero) is 2. The number of rotatable bonds is 6. The van der Waals surface area contributed by atoms with Crippen LogP contribution in [0.2, 0.25) is 10.0 Å². The van der Waals surface area contributed by atoms with E-state index < -0.39 is 17.6 Å². The molecule has 0 bridgehead atoms. The van der Waals surface area contributed by atoms with Crippen molar-refractivity contribution >= 4 is 40.7 Å². The first-order valence-electron chi connectivity index (χ1n) is 7.59. The van der Waals surface area contributed by atoms with Gasteiger partial charge in [0.2, 0.25) is 5.91 Å². The summed E-state index contributed by atoms with van der Waals surface area (Å²) in [6.07, 6.45) is -0.208. The molecule has 0 aromatic heterocycles. The van der Waals surface area contributed by atoms with Crippen LogP contribution in [0.25, 0.3) is 0 Å². The number of halogens is 2. The van der Waals surface area contributed by atoms with Gasteiger partial charge in [0.25, 0.3) is 0 Å². The van der Waals surface area contributed by atoms with E-state index in [4.69, 9.17) is 23.2 Å². The summed E-state index contributed by atoms with van der Waals surface area (Å²) in [6, 6.07) is 12.6. The van der Waals surface area contributed by atoms with Crippen LogP contribution in [-0.2, 0) is 4.79 Å². The van der Waals surface area contributed by atoms with Gasteiger partial charge in [-0.2, -0.15) is 0 Å². The Hall–Kier alpha value is -2.17. The van der Waals surface area contributed by atoms with Crippen molar-refractivity contribution in [1.29, 1.82) is 0 Å². The molecule has 2 aromatic rings. The van der Waals surface area contributed by atoms with Crippen LogP contribution in [0, 0.1) is 5.92 Å². The molecule has 0 saturated heterocycles. The van der Waals surface area contributed by atoms with E-state index in [1.54, 1.807) is 62.6 Å². The Balaban J connectivity index is 2.28. The van der Waals surface area contributed by atoms with Crippen molar-refractivity contribution in [2.24, 2.45) is 5.92 Å². The van der Waals surface area contributed by atoms with Crippen molar-refractivity contribution in [1.82, 2.24) is 4.90 Å². The second kappa shape index (κ2) is 8.28. The van der Waals surface area contributed by atoms with Crippen molar-refractivity contribution in [3.63, 3.8) is 0 Å². The first kappa shape index (κ1) is 19.2. The lowest BCUT2D eigenvalue weighted by atomic mass is 9.90. The van der Waals surface area contributed by atoms with Gasteiger partial charge in [-0.25, -0.2) is 0 Å². The van der Waals surface area contributed by atoms with Gasteiger partial charge in [-0.1, -0.05) is 23.2 Å². The summed E-state index contributed by atoms with van der Waals surface area (Å²) in [5, 5.41) is 0.999. The molecule has 0 spiro atoms. The van der Waals surface area contributed by atoms with Crippen molar-refractivity contribution in [2.75, 3.05) is 14.1 Å². The molecular formula is C19H17Cl2NO3. The average Bonchev–Trinajstić information content (AvgIpc) is 2.59. The van der Waals surface area contributed by atoms with Crippen molar-refractivity contribution < 1.29 is 14.4 Å². The second-order valence-corrected chi connectivity index (χ2v) is 6.66. The fourth-order valence-corrected chi connectivity index (χ4v) is 2.61. The zero-order valence-electron chi connectivity index (χ0n) is 13.8. The highest BCUT2D eigenvalue weighted by Gasteiger charge is 2.31. The summed E-state index contributed by atoms with van der Waals surface area (Å²) in [4.78, 5) is 39.0. The van der Waals surface area contributed by atoms with Gasteiger partial charge in [-0.05, 0) is 48.5 Å². The highest BCUT2D eigenvalue weighted by atomic mass is 35.5. The van der Waals surface area contributed by atoms with E-state index >= 15 is 0 Å². The summed E-state index contributed by atoms with van der Waals surface area (Å²) in [6.45, 7) is 0. The Morgan fingerprint density at radius 1 is 0.840 bits per heavy atom. The Morgan fingerprint density at radius 2 is 1.28 bits per heavy atom. The van der Waals surface area contributed by atoms with E-state index in [0.29, 0.717) is 21.2 Å². The van der Waals surface area contributed by atoms with Crippen LogP contribution in [0.15, 0.2) is 48.5 Å². The third-order valence-electron chi connectivity index (χ3n) is 3.74. The number of hydrogen-bond donors (Lipinski definition) is 0. The van der Waals surface area contributed by atoms with E-state index in [1.165, 1.54) is 4.90 Å². The first-order valence-corrected chi connectivity index (χ1v) is 8.35. The highest BCUT2D eigenvalue weighted by Crippen LogP contribution is 2.20. The van der Waals surface area contributed by atoms with E-state index in [9.17, 15) is 14.4 Å². The second-order valence-electron chi connectivity index (χ2n) is 5.79. The van der Waals surface area contributed by atoms with E-state index in [2.05, 4.69) is 0 Å². The average molecular weight is 378 g/mol. The Labute approximate surface area is 156 Å². The van der Waals surface area contributed by atoms with Crippen molar-refractivity contribution in [2.45, 2.75) is 6.42 Å². The largest absolute Gasteiger partial charge is 0.348 e. The molecule has 0 aliphatic heterocycles. The monoisotopic (exact) mass is 377 g/mol. The zero-order valence-corrected chi connectivity index (χ0v) is 15.3. The maximum absolute atomic E-state index is 12.8. The van der Waals surface area contributed by atoms with Gasteiger partial charge in [0.15, 0.2) is 11.6 Å². The SMILES string of the molecule is CN(C)C(=O)C(CC(=O)c1ccc(Cl)cc1)C(=O)c1ccc(Cl)cc1. The Morgan fingerprint density at radius 3 is 1.72 bits per heavy atom. The summed E-state index contributed by atoms with van der Waals surface area (Å²) in [5.41, 5.74) is 0.748. The molecule has 25 heavy (non-hydrogen) atoms. The highest BCUT2D eigenvalue weighted by molar-refractivity contribution is 6.31. The van der Waals surface area contributed by atoms with E-state index in [1.807, 2.05) is 0 Å². The zero-order chi connectivity index (χ0) is 18.6. The lowest BCUT2D eigenvalue weighted by Gasteiger charge is -2.19. The third-order valence-corrected chi connectivity index (χ3v) is 4.24. The van der Waals surface area contributed by atoms with Gasteiger partial charge >= 0.3 is 0 Å². The summed E-state index contributed by atoms with van der Waals surface area (Å²) < 4.78 is 0. The Bertz CT molecular complexity index is 783. The van der Waals surface area contributed by atoms with Crippen molar-refractivity contribution in [3.05, 3.63) is 69.7 Å². The predicted molar refractivity (Wildman–Crippen MR) is 98.4 cm³/mol. The number of amides is 1. The van der Waals surface area contributed by atoms with Crippen molar-refractivity contribution in [3.8, 4) is 0 Å². The third kappa shape index (κ3) is 4.91. The number of ketones is 2. The number of benzene rings is 2. The standard InChI is InChI=1S/C19H17Cl2NO3/c1-22(2)19(25)16(18(24)13-5-9-15(21)10-6-13)11-17(23)12-3-7-14(20)8-4-12/h3-10,16H,11H2,1-2H3. The van der Waals surface area contributed by atoms with E-state index in [-0.39, 0.29) is 12.2 Å².